The van der Waals surface area contributed by atoms with Gasteiger partial charge in [0, 0.05) is 12.2 Å². The summed E-state index contributed by atoms with van der Waals surface area (Å²) < 4.78 is 0. The van der Waals surface area contributed by atoms with E-state index in [2.05, 4.69) is 18.3 Å². The average Bonchev–Trinajstić information content (AvgIpc) is 2.08. The Morgan fingerprint density at radius 1 is 1.42 bits per heavy atom. The average molecular weight is 164 g/mol. The standard InChI is InChI=1S/C10H16N2/c1-3-12-7-9-6-4-5-8(2)10(9)11/h4-6,12H,3,7,11H2,1-2H3. The summed E-state index contributed by atoms with van der Waals surface area (Å²) in [5, 5.41) is 3.25. The van der Waals surface area contributed by atoms with Crippen LogP contribution in [0.4, 0.5) is 5.69 Å². The smallest absolute Gasteiger partial charge is 0.0389 e. The van der Waals surface area contributed by atoms with Gasteiger partial charge < -0.3 is 11.1 Å². The first-order valence-electron chi connectivity index (χ1n) is 4.30. The zero-order chi connectivity index (χ0) is 8.97. The van der Waals surface area contributed by atoms with Gasteiger partial charge in [0.1, 0.15) is 0 Å². The van der Waals surface area contributed by atoms with Crippen LogP contribution in [0.1, 0.15) is 18.1 Å². The SMILES string of the molecule is CCNCc1cccc(C)c1N. The molecule has 12 heavy (non-hydrogen) atoms. The quantitative estimate of drug-likeness (QED) is 0.667. The minimum Gasteiger partial charge on any atom is -0.398 e. The number of nitrogens with one attached hydrogen (secondary N) is 1. The molecule has 3 N–H and O–H groups in total. The number of benzene rings is 1. The summed E-state index contributed by atoms with van der Waals surface area (Å²) in [6, 6.07) is 6.13. The number of nitrogens with two attached hydrogens (primary N) is 1. The van der Waals surface area contributed by atoms with Crippen molar-refractivity contribution in [2.24, 2.45) is 0 Å². The third kappa shape index (κ3) is 1.98. The Balaban J connectivity index is 2.78. The maximum atomic E-state index is 5.88. The van der Waals surface area contributed by atoms with E-state index >= 15 is 0 Å². The second-order valence-electron chi connectivity index (χ2n) is 2.93. The molecule has 2 nitrogen and oxygen atoms in total. The monoisotopic (exact) mass is 164 g/mol. The third-order valence-electron chi connectivity index (χ3n) is 1.98. The van der Waals surface area contributed by atoms with Gasteiger partial charge in [0.15, 0.2) is 0 Å². The van der Waals surface area contributed by atoms with Crippen molar-refractivity contribution in [1.82, 2.24) is 5.32 Å². The van der Waals surface area contributed by atoms with E-state index in [4.69, 9.17) is 5.73 Å². The first kappa shape index (κ1) is 9.07. The Morgan fingerprint density at radius 3 is 2.83 bits per heavy atom. The van der Waals surface area contributed by atoms with Crippen molar-refractivity contribution >= 4 is 5.69 Å². The largest absolute Gasteiger partial charge is 0.398 e. The Kier molecular flexibility index (Phi) is 3.11. The second kappa shape index (κ2) is 4.12. The number of rotatable bonds is 3. The summed E-state index contributed by atoms with van der Waals surface area (Å²) in [5.41, 5.74) is 9.15. The molecule has 0 saturated heterocycles. The van der Waals surface area contributed by atoms with E-state index in [0.717, 1.165) is 24.3 Å². The highest BCUT2D eigenvalue weighted by atomic mass is 14.8. The summed E-state index contributed by atoms with van der Waals surface area (Å²) in [6.07, 6.45) is 0. The van der Waals surface area contributed by atoms with Gasteiger partial charge >= 0.3 is 0 Å². The van der Waals surface area contributed by atoms with Gasteiger partial charge in [-0.25, -0.2) is 0 Å². The lowest BCUT2D eigenvalue weighted by atomic mass is 10.1. The zero-order valence-electron chi connectivity index (χ0n) is 7.72. The Hall–Kier alpha value is -1.02. The molecule has 0 atom stereocenters. The van der Waals surface area contributed by atoms with Crippen LogP contribution in [-0.2, 0) is 6.54 Å². The fourth-order valence-electron chi connectivity index (χ4n) is 1.16. The van der Waals surface area contributed by atoms with Crippen LogP contribution in [0.3, 0.4) is 0 Å². The van der Waals surface area contributed by atoms with Gasteiger partial charge in [-0.15, -0.1) is 0 Å². The molecule has 2 heteroatoms. The van der Waals surface area contributed by atoms with Crippen molar-refractivity contribution in [3.63, 3.8) is 0 Å². The first-order chi connectivity index (χ1) is 5.75. The molecule has 0 spiro atoms. The summed E-state index contributed by atoms with van der Waals surface area (Å²) in [4.78, 5) is 0. The lowest BCUT2D eigenvalue weighted by Crippen LogP contribution is -2.13. The highest BCUT2D eigenvalue weighted by Crippen LogP contribution is 2.15. The third-order valence-corrected chi connectivity index (χ3v) is 1.98. The highest BCUT2D eigenvalue weighted by molar-refractivity contribution is 5.52. The molecule has 0 aromatic heterocycles. The summed E-state index contributed by atoms with van der Waals surface area (Å²) in [7, 11) is 0. The minimum atomic E-state index is 0.865. The Morgan fingerprint density at radius 2 is 2.17 bits per heavy atom. The van der Waals surface area contributed by atoms with Crippen molar-refractivity contribution in [3.05, 3.63) is 29.3 Å². The lowest BCUT2D eigenvalue weighted by molar-refractivity contribution is 0.728. The van der Waals surface area contributed by atoms with Crippen LogP contribution in [0.25, 0.3) is 0 Å². The molecule has 0 amide bonds. The molecule has 0 unspecified atom stereocenters. The topological polar surface area (TPSA) is 38.0 Å². The highest BCUT2D eigenvalue weighted by Gasteiger charge is 1.99. The van der Waals surface area contributed by atoms with E-state index in [-0.39, 0.29) is 0 Å². The molecular formula is C10H16N2. The number of hydrogen-bond donors (Lipinski definition) is 2. The summed E-state index contributed by atoms with van der Waals surface area (Å²) >= 11 is 0. The van der Waals surface area contributed by atoms with Gasteiger partial charge in [-0.05, 0) is 24.6 Å². The van der Waals surface area contributed by atoms with E-state index in [1.54, 1.807) is 0 Å². The summed E-state index contributed by atoms with van der Waals surface area (Å²) in [5.74, 6) is 0. The van der Waals surface area contributed by atoms with Crippen LogP contribution in [-0.4, -0.2) is 6.54 Å². The molecule has 1 rings (SSSR count). The molecule has 0 radical (unpaired) electrons. The molecule has 66 valence electrons. The van der Waals surface area contributed by atoms with Crippen LogP contribution in [0.15, 0.2) is 18.2 Å². The van der Waals surface area contributed by atoms with Crippen molar-refractivity contribution in [2.45, 2.75) is 20.4 Å². The van der Waals surface area contributed by atoms with E-state index < -0.39 is 0 Å². The van der Waals surface area contributed by atoms with E-state index in [9.17, 15) is 0 Å². The van der Waals surface area contributed by atoms with Crippen LogP contribution < -0.4 is 11.1 Å². The van der Waals surface area contributed by atoms with E-state index in [1.807, 2.05) is 19.1 Å². The van der Waals surface area contributed by atoms with Crippen molar-refractivity contribution in [2.75, 3.05) is 12.3 Å². The molecule has 0 heterocycles. The van der Waals surface area contributed by atoms with Crippen molar-refractivity contribution in [1.29, 1.82) is 0 Å². The van der Waals surface area contributed by atoms with Gasteiger partial charge in [0.25, 0.3) is 0 Å². The van der Waals surface area contributed by atoms with E-state index in [0.29, 0.717) is 0 Å². The zero-order valence-corrected chi connectivity index (χ0v) is 7.72. The van der Waals surface area contributed by atoms with Gasteiger partial charge in [-0.3, -0.25) is 0 Å². The predicted molar refractivity (Wildman–Crippen MR) is 53.0 cm³/mol. The maximum absolute atomic E-state index is 5.88. The van der Waals surface area contributed by atoms with Gasteiger partial charge in [0.2, 0.25) is 0 Å². The first-order valence-corrected chi connectivity index (χ1v) is 4.30. The maximum Gasteiger partial charge on any atom is 0.0389 e. The number of nitrogen functional groups attached to an aromatic ring is 1. The van der Waals surface area contributed by atoms with Crippen LogP contribution >= 0.6 is 0 Å². The lowest BCUT2D eigenvalue weighted by Gasteiger charge is -2.07. The molecule has 0 aliphatic heterocycles. The Labute approximate surface area is 73.8 Å². The van der Waals surface area contributed by atoms with Crippen molar-refractivity contribution in [3.8, 4) is 0 Å². The molecule has 0 saturated carbocycles. The van der Waals surface area contributed by atoms with E-state index in [1.165, 1.54) is 5.56 Å². The molecule has 0 bridgehead atoms. The van der Waals surface area contributed by atoms with Crippen molar-refractivity contribution < 1.29 is 0 Å². The second-order valence-corrected chi connectivity index (χ2v) is 2.93. The number of para-hydroxylation sites is 1. The molecule has 0 aliphatic rings. The molecule has 1 aromatic carbocycles. The summed E-state index contributed by atoms with van der Waals surface area (Å²) in [6.45, 7) is 5.97. The Bertz CT molecular complexity index is 256. The van der Waals surface area contributed by atoms with Crippen LogP contribution in [0.5, 0.6) is 0 Å². The molecule has 0 aliphatic carbocycles. The molecular weight excluding hydrogens is 148 g/mol. The minimum absolute atomic E-state index is 0.865. The normalized spacial score (nSPS) is 10.2. The fourth-order valence-corrected chi connectivity index (χ4v) is 1.16. The van der Waals surface area contributed by atoms with Gasteiger partial charge in [-0.2, -0.15) is 0 Å². The molecule has 0 fully saturated rings. The number of anilines is 1. The van der Waals surface area contributed by atoms with Gasteiger partial charge in [0.05, 0.1) is 0 Å². The van der Waals surface area contributed by atoms with Crippen LogP contribution in [0, 0.1) is 6.92 Å². The fraction of sp³-hybridized carbons (Fsp3) is 0.400. The predicted octanol–water partition coefficient (Wildman–Crippen LogP) is 1.69. The number of aryl methyl sites for hydroxylation is 1. The van der Waals surface area contributed by atoms with Gasteiger partial charge in [-0.1, -0.05) is 25.1 Å². The number of hydrogen-bond acceptors (Lipinski definition) is 2. The molecule has 1 aromatic rings. The van der Waals surface area contributed by atoms with Crippen LogP contribution in [0.2, 0.25) is 0 Å².